The smallest absolute Gasteiger partial charge is 0.340 e. The van der Waals surface area contributed by atoms with Crippen LogP contribution in [0.3, 0.4) is 0 Å². The third-order valence-electron chi connectivity index (χ3n) is 3.30. The van der Waals surface area contributed by atoms with Crippen LogP contribution in [-0.2, 0) is 25.4 Å². The Morgan fingerprint density at radius 1 is 1.33 bits per heavy atom. The number of ether oxygens (including phenoxy) is 1. The fourth-order valence-electron chi connectivity index (χ4n) is 2.30. The Bertz CT molecular complexity index is 820. The summed E-state index contributed by atoms with van der Waals surface area (Å²) in [7, 11) is 3.70. The van der Waals surface area contributed by atoms with Gasteiger partial charge >= 0.3 is 5.97 Å². The van der Waals surface area contributed by atoms with Crippen LogP contribution in [0, 0.1) is 0 Å². The monoisotopic (exact) mass is 303 g/mol. The molecule has 21 heavy (non-hydrogen) atoms. The summed E-state index contributed by atoms with van der Waals surface area (Å²) in [6.07, 6.45) is 5.24. The third-order valence-corrected chi connectivity index (χ3v) is 3.53. The maximum Gasteiger partial charge on any atom is 0.340 e. The van der Waals surface area contributed by atoms with E-state index in [1.165, 1.54) is 0 Å². The van der Waals surface area contributed by atoms with E-state index in [1.54, 1.807) is 29.2 Å². The van der Waals surface area contributed by atoms with Gasteiger partial charge in [-0.25, -0.2) is 4.79 Å². The van der Waals surface area contributed by atoms with Gasteiger partial charge in [-0.05, 0) is 18.2 Å². The molecule has 1 aromatic carbocycles. The lowest BCUT2D eigenvalue weighted by molar-refractivity contribution is 0.0475. The van der Waals surface area contributed by atoms with Gasteiger partial charge in [0.25, 0.3) is 0 Å². The summed E-state index contributed by atoms with van der Waals surface area (Å²) in [4.78, 5) is 12.3. The molecule has 0 saturated carbocycles. The van der Waals surface area contributed by atoms with Crippen LogP contribution in [0.15, 0.2) is 36.8 Å². The predicted molar refractivity (Wildman–Crippen MR) is 80.3 cm³/mol. The Balaban J connectivity index is 1.86. The highest BCUT2D eigenvalue weighted by Gasteiger charge is 2.16. The first-order chi connectivity index (χ1) is 10.0. The average Bonchev–Trinajstić information content (AvgIpc) is 3.00. The summed E-state index contributed by atoms with van der Waals surface area (Å²) in [6, 6.07) is 5.46. The standard InChI is InChI=1S/C15H14ClN3O2/c1-18-8-13(12-5-11(16)3-4-14(12)18)15(20)21-9-10-6-17-19(2)7-10/h3-8H,9H2,1-2H3. The Morgan fingerprint density at radius 3 is 2.86 bits per heavy atom. The fraction of sp³-hybridized carbons (Fsp3) is 0.200. The number of aryl methyl sites for hydroxylation is 2. The highest BCUT2D eigenvalue weighted by molar-refractivity contribution is 6.31. The highest BCUT2D eigenvalue weighted by Crippen LogP contribution is 2.25. The van der Waals surface area contributed by atoms with Crippen LogP contribution in [0.2, 0.25) is 5.02 Å². The number of rotatable bonds is 3. The molecule has 6 heteroatoms. The number of carbonyl (C=O) groups is 1. The maximum absolute atomic E-state index is 12.3. The molecule has 108 valence electrons. The minimum absolute atomic E-state index is 0.198. The number of esters is 1. The van der Waals surface area contributed by atoms with Crippen molar-refractivity contribution in [2.45, 2.75) is 6.61 Å². The van der Waals surface area contributed by atoms with Crippen LogP contribution in [0.25, 0.3) is 10.9 Å². The van der Waals surface area contributed by atoms with Gasteiger partial charge in [-0.1, -0.05) is 11.6 Å². The Kier molecular flexibility index (Phi) is 3.43. The van der Waals surface area contributed by atoms with E-state index in [0.717, 1.165) is 16.5 Å². The number of carbonyl (C=O) groups excluding carboxylic acids is 1. The molecule has 0 radical (unpaired) electrons. The molecule has 2 heterocycles. The lowest BCUT2D eigenvalue weighted by atomic mass is 10.2. The van der Waals surface area contributed by atoms with E-state index in [9.17, 15) is 4.79 Å². The van der Waals surface area contributed by atoms with E-state index >= 15 is 0 Å². The van der Waals surface area contributed by atoms with E-state index in [1.807, 2.05) is 30.9 Å². The van der Waals surface area contributed by atoms with Crippen LogP contribution in [-0.4, -0.2) is 20.3 Å². The topological polar surface area (TPSA) is 49.0 Å². The van der Waals surface area contributed by atoms with Gasteiger partial charge in [0.15, 0.2) is 0 Å². The molecule has 3 rings (SSSR count). The maximum atomic E-state index is 12.3. The predicted octanol–water partition coefficient (Wildman–Crippen LogP) is 2.92. The number of hydrogen-bond donors (Lipinski definition) is 0. The number of benzene rings is 1. The molecule has 2 aromatic heterocycles. The lowest BCUT2D eigenvalue weighted by Crippen LogP contribution is -2.04. The third kappa shape index (κ3) is 2.64. The first-order valence-corrected chi connectivity index (χ1v) is 6.81. The molecule has 0 fully saturated rings. The Morgan fingerprint density at radius 2 is 2.14 bits per heavy atom. The first-order valence-electron chi connectivity index (χ1n) is 6.44. The molecule has 0 spiro atoms. The van der Waals surface area contributed by atoms with E-state index in [-0.39, 0.29) is 12.6 Å². The van der Waals surface area contributed by atoms with Gasteiger partial charge in [-0.15, -0.1) is 0 Å². The van der Waals surface area contributed by atoms with E-state index in [4.69, 9.17) is 16.3 Å². The van der Waals surface area contributed by atoms with Crippen molar-refractivity contribution in [1.82, 2.24) is 14.3 Å². The Hall–Kier alpha value is -2.27. The molecular weight excluding hydrogens is 290 g/mol. The molecule has 0 unspecified atom stereocenters. The normalized spacial score (nSPS) is 11.0. The summed E-state index contributed by atoms with van der Waals surface area (Å²) in [6.45, 7) is 0.198. The van der Waals surface area contributed by atoms with E-state index < -0.39 is 0 Å². The lowest BCUT2D eigenvalue weighted by Gasteiger charge is -2.02. The molecule has 5 nitrogen and oxygen atoms in total. The molecule has 0 N–H and O–H groups in total. The molecule has 0 bridgehead atoms. The first kappa shape index (κ1) is 13.7. The Labute approximate surface area is 126 Å². The molecule has 3 aromatic rings. The van der Waals surface area contributed by atoms with Crippen molar-refractivity contribution >= 4 is 28.5 Å². The molecule has 0 saturated heterocycles. The summed E-state index contributed by atoms with van der Waals surface area (Å²) in [5, 5.41) is 5.42. The van der Waals surface area contributed by atoms with E-state index in [2.05, 4.69) is 5.10 Å². The van der Waals surface area contributed by atoms with Gasteiger partial charge in [0.2, 0.25) is 0 Å². The summed E-state index contributed by atoms with van der Waals surface area (Å²) in [5.41, 5.74) is 2.30. The quantitative estimate of drug-likeness (QED) is 0.699. The molecule has 0 atom stereocenters. The minimum Gasteiger partial charge on any atom is -0.457 e. The number of nitrogens with zero attached hydrogens (tertiary/aromatic N) is 3. The van der Waals surface area contributed by atoms with Crippen LogP contribution in [0.4, 0.5) is 0 Å². The largest absolute Gasteiger partial charge is 0.457 e. The minimum atomic E-state index is -0.369. The molecule has 0 aliphatic rings. The molecule has 0 aliphatic heterocycles. The number of fused-ring (bicyclic) bond motifs is 1. The fourth-order valence-corrected chi connectivity index (χ4v) is 2.47. The van der Waals surface area contributed by atoms with E-state index in [0.29, 0.717) is 10.6 Å². The van der Waals surface area contributed by atoms with Gasteiger partial charge in [-0.2, -0.15) is 5.10 Å². The zero-order valence-corrected chi connectivity index (χ0v) is 12.5. The van der Waals surface area contributed by atoms with Crippen molar-refractivity contribution < 1.29 is 9.53 Å². The van der Waals surface area contributed by atoms with Crippen molar-refractivity contribution in [3.63, 3.8) is 0 Å². The summed E-state index contributed by atoms with van der Waals surface area (Å²) >= 11 is 6.01. The SMILES string of the molecule is Cn1cc(COC(=O)c2cn(C)c3ccc(Cl)cc23)cn1. The zero-order valence-electron chi connectivity index (χ0n) is 11.7. The highest BCUT2D eigenvalue weighted by atomic mass is 35.5. The van der Waals surface area contributed by atoms with Gasteiger partial charge in [-0.3, -0.25) is 4.68 Å². The van der Waals surface area contributed by atoms with Crippen LogP contribution in [0.5, 0.6) is 0 Å². The molecular formula is C15H14ClN3O2. The number of aromatic nitrogens is 3. The number of halogens is 1. The second kappa shape index (κ2) is 5.26. The molecule has 0 aliphatic carbocycles. The summed E-state index contributed by atoms with van der Waals surface area (Å²) in [5.74, 6) is -0.369. The van der Waals surface area contributed by atoms with Crippen LogP contribution >= 0.6 is 11.6 Å². The van der Waals surface area contributed by atoms with Gasteiger partial charge in [0, 0.05) is 48.0 Å². The summed E-state index contributed by atoms with van der Waals surface area (Å²) < 4.78 is 8.89. The van der Waals surface area contributed by atoms with Crippen molar-refractivity contribution in [1.29, 1.82) is 0 Å². The zero-order chi connectivity index (χ0) is 15.0. The van der Waals surface area contributed by atoms with Gasteiger partial charge < -0.3 is 9.30 Å². The van der Waals surface area contributed by atoms with Gasteiger partial charge in [0.1, 0.15) is 6.61 Å². The average molecular weight is 304 g/mol. The van der Waals surface area contributed by atoms with Crippen LogP contribution in [0.1, 0.15) is 15.9 Å². The van der Waals surface area contributed by atoms with Crippen molar-refractivity contribution in [2.75, 3.05) is 0 Å². The van der Waals surface area contributed by atoms with Crippen molar-refractivity contribution in [3.8, 4) is 0 Å². The van der Waals surface area contributed by atoms with Crippen molar-refractivity contribution in [3.05, 3.63) is 52.9 Å². The number of hydrogen-bond acceptors (Lipinski definition) is 3. The second-order valence-electron chi connectivity index (χ2n) is 4.91. The second-order valence-corrected chi connectivity index (χ2v) is 5.35. The van der Waals surface area contributed by atoms with Gasteiger partial charge in [0.05, 0.1) is 11.8 Å². The van der Waals surface area contributed by atoms with Crippen molar-refractivity contribution in [2.24, 2.45) is 14.1 Å². The van der Waals surface area contributed by atoms with Crippen LogP contribution < -0.4 is 0 Å². The molecule has 0 amide bonds.